The molecule has 0 aromatic heterocycles. The number of esters is 1. The van der Waals surface area contributed by atoms with Crippen LogP contribution in [0.5, 0.6) is 0 Å². The van der Waals surface area contributed by atoms with Crippen molar-refractivity contribution in [2.45, 2.75) is 26.7 Å². The summed E-state index contributed by atoms with van der Waals surface area (Å²) in [5, 5.41) is 0. The van der Waals surface area contributed by atoms with Gasteiger partial charge in [-0.05, 0) is 24.5 Å². The van der Waals surface area contributed by atoms with E-state index in [4.69, 9.17) is 4.74 Å². The summed E-state index contributed by atoms with van der Waals surface area (Å²) >= 11 is 0. The van der Waals surface area contributed by atoms with Crippen molar-refractivity contribution in [3.8, 4) is 0 Å². The lowest BCUT2D eigenvalue weighted by atomic mass is 10.0. The van der Waals surface area contributed by atoms with Crippen molar-refractivity contribution in [1.29, 1.82) is 0 Å². The van der Waals surface area contributed by atoms with Crippen LogP contribution in [0.25, 0.3) is 5.57 Å². The average Bonchev–Trinajstić information content (AvgIpc) is 2.30. The molecule has 0 saturated carbocycles. The quantitative estimate of drug-likeness (QED) is 0.560. The molecule has 0 unspecified atom stereocenters. The van der Waals surface area contributed by atoms with Crippen molar-refractivity contribution in [2.24, 2.45) is 0 Å². The third-order valence-electron chi connectivity index (χ3n) is 2.36. The van der Waals surface area contributed by atoms with E-state index in [1.165, 1.54) is 5.56 Å². The molecule has 0 N–H and O–H groups in total. The summed E-state index contributed by atoms with van der Waals surface area (Å²) in [7, 11) is 0. The van der Waals surface area contributed by atoms with Crippen LogP contribution in [0.3, 0.4) is 0 Å². The monoisotopic (exact) mass is 218 g/mol. The predicted molar refractivity (Wildman–Crippen MR) is 66.1 cm³/mol. The Hall–Kier alpha value is -1.57. The number of carbonyl (C=O) groups is 1. The molecule has 0 aliphatic rings. The minimum absolute atomic E-state index is 0.342. The van der Waals surface area contributed by atoms with Gasteiger partial charge in [-0.1, -0.05) is 44.2 Å². The predicted octanol–water partition coefficient (Wildman–Crippen LogP) is 3.22. The molecule has 0 aliphatic heterocycles. The molecule has 0 saturated heterocycles. The highest BCUT2D eigenvalue weighted by molar-refractivity contribution is 6.15. The summed E-state index contributed by atoms with van der Waals surface area (Å²) in [6, 6.07) is 7.90. The number of carbonyl (C=O) groups excluding carboxylic acids is 1. The molecule has 0 heterocycles. The molecule has 0 radical (unpaired) electrons. The highest BCUT2D eigenvalue weighted by Crippen LogP contribution is 2.15. The molecule has 16 heavy (non-hydrogen) atoms. The molecule has 2 nitrogen and oxygen atoms in total. The lowest BCUT2D eigenvalue weighted by molar-refractivity contribution is -0.136. The van der Waals surface area contributed by atoms with E-state index in [0.717, 1.165) is 18.4 Å². The van der Waals surface area contributed by atoms with E-state index in [0.29, 0.717) is 12.2 Å². The van der Waals surface area contributed by atoms with Crippen LogP contribution in [0, 0.1) is 0 Å². The highest BCUT2D eigenvalue weighted by Gasteiger charge is 2.09. The SMILES string of the molecule is C=C(C(=O)OCC)c1ccc(CCC)cc1. The second-order valence-electron chi connectivity index (χ2n) is 3.65. The Morgan fingerprint density at radius 2 is 1.88 bits per heavy atom. The Kier molecular flexibility index (Phi) is 4.77. The van der Waals surface area contributed by atoms with E-state index in [9.17, 15) is 4.79 Å². The largest absolute Gasteiger partial charge is 0.462 e. The van der Waals surface area contributed by atoms with Crippen molar-refractivity contribution >= 4 is 11.5 Å². The van der Waals surface area contributed by atoms with Gasteiger partial charge >= 0.3 is 5.97 Å². The van der Waals surface area contributed by atoms with Crippen molar-refractivity contribution in [1.82, 2.24) is 0 Å². The van der Waals surface area contributed by atoms with E-state index in [1.807, 2.05) is 24.3 Å². The fraction of sp³-hybridized carbons (Fsp3) is 0.357. The molecular weight excluding hydrogens is 200 g/mol. The van der Waals surface area contributed by atoms with Crippen molar-refractivity contribution in [3.05, 3.63) is 42.0 Å². The first-order valence-electron chi connectivity index (χ1n) is 5.64. The molecule has 0 atom stereocenters. The van der Waals surface area contributed by atoms with Gasteiger partial charge in [-0.25, -0.2) is 4.79 Å². The van der Waals surface area contributed by atoms with Crippen molar-refractivity contribution < 1.29 is 9.53 Å². The Labute approximate surface area is 96.9 Å². The van der Waals surface area contributed by atoms with E-state index in [-0.39, 0.29) is 5.97 Å². The molecule has 1 rings (SSSR count). The van der Waals surface area contributed by atoms with Gasteiger partial charge < -0.3 is 4.74 Å². The minimum atomic E-state index is -0.342. The molecule has 0 bridgehead atoms. The van der Waals surface area contributed by atoms with Crippen LogP contribution in [0.15, 0.2) is 30.8 Å². The van der Waals surface area contributed by atoms with Crippen LogP contribution in [-0.2, 0) is 16.0 Å². The summed E-state index contributed by atoms with van der Waals surface area (Å²) in [6.07, 6.45) is 2.18. The molecule has 0 amide bonds. The molecular formula is C14H18O2. The maximum atomic E-state index is 11.4. The van der Waals surface area contributed by atoms with E-state index in [2.05, 4.69) is 13.5 Å². The van der Waals surface area contributed by atoms with Gasteiger partial charge in [-0.3, -0.25) is 0 Å². The van der Waals surface area contributed by atoms with Crippen LogP contribution >= 0.6 is 0 Å². The fourth-order valence-electron chi connectivity index (χ4n) is 1.50. The maximum absolute atomic E-state index is 11.4. The second kappa shape index (κ2) is 6.11. The first-order valence-corrected chi connectivity index (χ1v) is 5.64. The van der Waals surface area contributed by atoms with Gasteiger partial charge in [0, 0.05) is 0 Å². The van der Waals surface area contributed by atoms with Gasteiger partial charge in [0.05, 0.1) is 12.2 Å². The van der Waals surface area contributed by atoms with Crippen LogP contribution in [0.4, 0.5) is 0 Å². The number of rotatable bonds is 5. The number of aryl methyl sites for hydroxylation is 1. The van der Waals surface area contributed by atoms with E-state index in [1.54, 1.807) is 6.92 Å². The molecule has 0 fully saturated rings. The lowest BCUT2D eigenvalue weighted by Crippen LogP contribution is -2.05. The third kappa shape index (κ3) is 3.23. The molecule has 2 heteroatoms. The van der Waals surface area contributed by atoms with Gasteiger partial charge in [-0.15, -0.1) is 0 Å². The van der Waals surface area contributed by atoms with Crippen LogP contribution in [0.2, 0.25) is 0 Å². The smallest absolute Gasteiger partial charge is 0.338 e. The van der Waals surface area contributed by atoms with Crippen LogP contribution < -0.4 is 0 Å². The normalized spacial score (nSPS) is 9.88. The Morgan fingerprint density at radius 1 is 1.25 bits per heavy atom. The summed E-state index contributed by atoms with van der Waals surface area (Å²) in [5.74, 6) is -0.342. The topological polar surface area (TPSA) is 26.3 Å². The molecule has 1 aromatic carbocycles. The van der Waals surface area contributed by atoms with Crippen molar-refractivity contribution in [3.63, 3.8) is 0 Å². The highest BCUT2D eigenvalue weighted by atomic mass is 16.5. The zero-order chi connectivity index (χ0) is 12.0. The lowest BCUT2D eigenvalue weighted by Gasteiger charge is -2.06. The zero-order valence-corrected chi connectivity index (χ0v) is 9.95. The minimum Gasteiger partial charge on any atom is -0.462 e. The standard InChI is InChI=1S/C14H18O2/c1-4-6-12-7-9-13(10-8-12)11(3)14(15)16-5-2/h7-10H,3-6H2,1-2H3. The van der Waals surface area contributed by atoms with Crippen molar-refractivity contribution in [2.75, 3.05) is 6.61 Å². The Balaban J connectivity index is 2.73. The number of ether oxygens (including phenoxy) is 1. The van der Waals surface area contributed by atoms with Gasteiger partial charge in [-0.2, -0.15) is 0 Å². The van der Waals surface area contributed by atoms with Gasteiger partial charge in [0.25, 0.3) is 0 Å². The summed E-state index contributed by atoms with van der Waals surface area (Å²) in [5.41, 5.74) is 2.53. The second-order valence-corrected chi connectivity index (χ2v) is 3.65. The summed E-state index contributed by atoms with van der Waals surface area (Å²) < 4.78 is 4.90. The van der Waals surface area contributed by atoms with Gasteiger partial charge in [0.2, 0.25) is 0 Å². The Morgan fingerprint density at radius 3 is 2.38 bits per heavy atom. The summed E-state index contributed by atoms with van der Waals surface area (Å²) in [4.78, 5) is 11.4. The molecule has 86 valence electrons. The van der Waals surface area contributed by atoms with Gasteiger partial charge in [0.15, 0.2) is 0 Å². The van der Waals surface area contributed by atoms with Crippen LogP contribution in [-0.4, -0.2) is 12.6 Å². The molecule has 1 aromatic rings. The van der Waals surface area contributed by atoms with E-state index < -0.39 is 0 Å². The van der Waals surface area contributed by atoms with Gasteiger partial charge in [0.1, 0.15) is 0 Å². The average molecular weight is 218 g/mol. The van der Waals surface area contributed by atoms with E-state index >= 15 is 0 Å². The number of hydrogen-bond donors (Lipinski definition) is 0. The molecule has 0 spiro atoms. The summed E-state index contributed by atoms with van der Waals surface area (Å²) in [6.45, 7) is 8.06. The first kappa shape index (κ1) is 12.5. The Bertz CT molecular complexity index is 363. The number of hydrogen-bond acceptors (Lipinski definition) is 2. The van der Waals surface area contributed by atoms with Crippen LogP contribution in [0.1, 0.15) is 31.4 Å². The fourth-order valence-corrected chi connectivity index (χ4v) is 1.50. The zero-order valence-electron chi connectivity index (χ0n) is 9.95. The number of benzene rings is 1. The third-order valence-corrected chi connectivity index (χ3v) is 2.36. The maximum Gasteiger partial charge on any atom is 0.338 e. The first-order chi connectivity index (χ1) is 7.69. The molecule has 0 aliphatic carbocycles.